The van der Waals surface area contributed by atoms with Gasteiger partial charge in [0.1, 0.15) is 5.82 Å². The van der Waals surface area contributed by atoms with Crippen molar-refractivity contribution in [1.82, 2.24) is 10.3 Å². The maximum Gasteiger partial charge on any atom is 0.225 e. The van der Waals surface area contributed by atoms with Crippen LogP contribution in [0.1, 0.15) is 24.3 Å². The second-order valence-electron chi connectivity index (χ2n) is 6.22. The van der Waals surface area contributed by atoms with Crippen molar-refractivity contribution in [2.45, 2.75) is 39.0 Å². The van der Waals surface area contributed by atoms with Gasteiger partial charge >= 0.3 is 0 Å². The number of carbonyl (C=O) groups excluding carboxylic acids is 1. The fourth-order valence-corrected chi connectivity index (χ4v) is 3.61. The van der Waals surface area contributed by atoms with Gasteiger partial charge in [0.25, 0.3) is 0 Å². The summed E-state index contributed by atoms with van der Waals surface area (Å²) in [5.74, 6) is 1.00. The van der Waals surface area contributed by atoms with Crippen LogP contribution in [0.25, 0.3) is 0 Å². The molecule has 2 atom stereocenters. The summed E-state index contributed by atoms with van der Waals surface area (Å²) in [6.45, 7) is 6.39. The minimum absolute atomic E-state index is 0.0392. The molecule has 1 saturated heterocycles. The van der Waals surface area contributed by atoms with Crippen molar-refractivity contribution in [2.24, 2.45) is 0 Å². The smallest absolute Gasteiger partial charge is 0.225 e. The summed E-state index contributed by atoms with van der Waals surface area (Å²) >= 11 is 1.60. The van der Waals surface area contributed by atoms with Crippen molar-refractivity contribution in [3.8, 4) is 0 Å². The molecule has 3 heterocycles. The molecule has 2 aromatic heterocycles. The van der Waals surface area contributed by atoms with Gasteiger partial charge in [-0.3, -0.25) is 4.79 Å². The molecule has 128 valence electrons. The average molecular weight is 345 g/mol. The van der Waals surface area contributed by atoms with E-state index in [-0.39, 0.29) is 18.1 Å². The molecule has 0 unspecified atom stereocenters. The Kier molecular flexibility index (Phi) is 5.48. The third-order valence-electron chi connectivity index (χ3n) is 3.96. The lowest BCUT2D eigenvalue weighted by molar-refractivity contribution is -0.120. The Labute approximate surface area is 146 Å². The van der Waals surface area contributed by atoms with Crippen LogP contribution in [0.4, 0.5) is 5.82 Å². The molecule has 0 spiro atoms. The monoisotopic (exact) mass is 345 g/mol. The van der Waals surface area contributed by atoms with Gasteiger partial charge in [0, 0.05) is 30.7 Å². The van der Waals surface area contributed by atoms with Crippen LogP contribution in [0.15, 0.2) is 35.8 Å². The number of carbonyl (C=O) groups is 1. The Morgan fingerprint density at radius 2 is 2.12 bits per heavy atom. The molecule has 0 aromatic carbocycles. The standard InChI is InChI=1S/C18H23N3O2S/c1-13-11-21(12-14(2)23-13)17-6-5-15(9-19-17)10-20-18(22)8-16-4-3-7-24-16/h3-7,9,13-14H,8,10-12H2,1-2H3,(H,20,22)/t13-,14-/m0/s1. The third-order valence-corrected chi connectivity index (χ3v) is 4.83. The van der Waals surface area contributed by atoms with E-state index in [9.17, 15) is 4.79 Å². The van der Waals surface area contributed by atoms with E-state index in [2.05, 4.69) is 29.0 Å². The summed E-state index contributed by atoms with van der Waals surface area (Å²) < 4.78 is 5.75. The first-order chi connectivity index (χ1) is 11.6. The second-order valence-corrected chi connectivity index (χ2v) is 7.25. The van der Waals surface area contributed by atoms with Gasteiger partial charge in [0.05, 0.1) is 18.6 Å². The summed E-state index contributed by atoms with van der Waals surface area (Å²) in [4.78, 5) is 19.8. The van der Waals surface area contributed by atoms with E-state index in [0.717, 1.165) is 29.3 Å². The van der Waals surface area contributed by atoms with E-state index in [1.165, 1.54) is 0 Å². The number of hydrogen-bond donors (Lipinski definition) is 1. The number of thiophene rings is 1. The number of pyridine rings is 1. The van der Waals surface area contributed by atoms with Crippen LogP contribution in [0, 0.1) is 0 Å². The van der Waals surface area contributed by atoms with E-state index in [1.54, 1.807) is 11.3 Å². The van der Waals surface area contributed by atoms with E-state index in [4.69, 9.17) is 4.74 Å². The van der Waals surface area contributed by atoms with Crippen molar-refractivity contribution in [3.05, 3.63) is 46.3 Å². The van der Waals surface area contributed by atoms with Crippen LogP contribution < -0.4 is 10.2 Å². The normalized spacial score (nSPS) is 20.8. The van der Waals surface area contributed by atoms with Crippen molar-refractivity contribution < 1.29 is 9.53 Å². The topological polar surface area (TPSA) is 54.5 Å². The number of aromatic nitrogens is 1. The van der Waals surface area contributed by atoms with Gasteiger partial charge in [-0.1, -0.05) is 12.1 Å². The zero-order valence-electron chi connectivity index (χ0n) is 14.1. The van der Waals surface area contributed by atoms with E-state index in [0.29, 0.717) is 13.0 Å². The molecule has 0 saturated carbocycles. The van der Waals surface area contributed by atoms with Crippen molar-refractivity contribution in [1.29, 1.82) is 0 Å². The third kappa shape index (κ3) is 4.55. The lowest BCUT2D eigenvalue weighted by Crippen LogP contribution is -2.45. The van der Waals surface area contributed by atoms with E-state index in [1.807, 2.05) is 35.8 Å². The molecule has 1 amide bonds. The Morgan fingerprint density at radius 1 is 1.33 bits per heavy atom. The number of nitrogens with one attached hydrogen (secondary N) is 1. The summed E-state index contributed by atoms with van der Waals surface area (Å²) in [5, 5.41) is 4.93. The van der Waals surface area contributed by atoms with Gasteiger partial charge in [0.15, 0.2) is 0 Å². The molecule has 1 N–H and O–H groups in total. The zero-order valence-corrected chi connectivity index (χ0v) is 14.9. The lowest BCUT2D eigenvalue weighted by atomic mass is 10.2. The zero-order chi connectivity index (χ0) is 16.9. The Morgan fingerprint density at radius 3 is 2.75 bits per heavy atom. The lowest BCUT2D eigenvalue weighted by Gasteiger charge is -2.36. The van der Waals surface area contributed by atoms with Crippen LogP contribution in [0.2, 0.25) is 0 Å². The maximum absolute atomic E-state index is 11.9. The van der Waals surface area contributed by atoms with Gasteiger partial charge in [0.2, 0.25) is 5.91 Å². The SMILES string of the molecule is C[C@H]1CN(c2ccc(CNC(=O)Cc3cccs3)cn2)C[C@H](C)O1. The predicted octanol–water partition coefficient (Wildman–Crippen LogP) is 2.62. The van der Waals surface area contributed by atoms with Crippen LogP contribution >= 0.6 is 11.3 Å². The highest BCUT2D eigenvalue weighted by atomic mass is 32.1. The summed E-state index contributed by atoms with van der Waals surface area (Å²) in [5.41, 5.74) is 1.01. The van der Waals surface area contributed by atoms with Crippen LogP contribution in [0.3, 0.4) is 0 Å². The molecule has 2 aromatic rings. The van der Waals surface area contributed by atoms with Crippen molar-refractivity contribution in [3.63, 3.8) is 0 Å². The van der Waals surface area contributed by atoms with E-state index < -0.39 is 0 Å². The van der Waals surface area contributed by atoms with Gasteiger partial charge < -0.3 is 15.0 Å². The first kappa shape index (κ1) is 16.9. The molecular weight excluding hydrogens is 322 g/mol. The molecule has 0 radical (unpaired) electrons. The highest BCUT2D eigenvalue weighted by molar-refractivity contribution is 7.10. The Hall–Kier alpha value is -1.92. The quantitative estimate of drug-likeness (QED) is 0.905. The van der Waals surface area contributed by atoms with Crippen LogP contribution in [-0.2, 0) is 22.5 Å². The van der Waals surface area contributed by atoms with Crippen LogP contribution in [0.5, 0.6) is 0 Å². The molecule has 6 heteroatoms. The Balaban J connectivity index is 1.52. The van der Waals surface area contributed by atoms with Gasteiger partial charge in [-0.25, -0.2) is 4.98 Å². The maximum atomic E-state index is 11.9. The van der Waals surface area contributed by atoms with E-state index >= 15 is 0 Å². The molecule has 1 aliphatic heterocycles. The number of anilines is 1. The summed E-state index contributed by atoms with van der Waals surface area (Å²) in [7, 11) is 0. The average Bonchev–Trinajstić information content (AvgIpc) is 3.05. The fraction of sp³-hybridized carbons (Fsp3) is 0.444. The van der Waals surface area contributed by atoms with Crippen molar-refractivity contribution >= 4 is 23.1 Å². The second kappa shape index (κ2) is 7.77. The summed E-state index contributed by atoms with van der Waals surface area (Å²) in [6.07, 6.45) is 2.71. The van der Waals surface area contributed by atoms with Gasteiger partial charge in [-0.15, -0.1) is 11.3 Å². The predicted molar refractivity (Wildman–Crippen MR) is 96.3 cm³/mol. The molecule has 24 heavy (non-hydrogen) atoms. The largest absolute Gasteiger partial charge is 0.372 e. The van der Waals surface area contributed by atoms with Gasteiger partial charge in [-0.2, -0.15) is 0 Å². The molecular formula is C18H23N3O2S. The molecule has 1 fully saturated rings. The number of hydrogen-bond acceptors (Lipinski definition) is 5. The number of amides is 1. The highest BCUT2D eigenvalue weighted by Crippen LogP contribution is 2.18. The summed E-state index contributed by atoms with van der Waals surface area (Å²) in [6, 6.07) is 7.98. The van der Waals surface area contributed by atoms with Crippen molar-refractivity contribution in [2.75, 3.05) is 18.0 Å². The van der Waals surface area contributed by atoms with Crippen LogP contribution in [-0.4, -0.2) is 36.2 Å². The number of nitrogens with zero attached hydrogens (tertiary/aromatic N) is 2. The molecule has 0 aliphatic carbocycles. The number of ether oxygens (including phenoxy) is 1. The fourth-order valence-electron chi connectivity index (χ4n) is 2.91. The number of morpholine rings is 1. The molecule has 3 rings (SSSR count). The molecule has 0 bridgehead atoms. The van der Waals surface area contributed by atoms with Gasteiger partial charge in [-0.05, 0) is 36.9 Å². The Bertz CT molecular complexity index is 647. The highest BCUT2D eigenvalue weighted by Gasteiger charge is 2.22. The number of rotatable bonds is 5. The first-order valence-electron chi connectivity index (χ1n) is 8.24. The minimum Gasteiger partial charge on any atom is -0.372 e. The molecule has 1 aliphatic rings. The minimum atomic E-state index is 0.0392. The molecule has 5 nitrogen and oxygen atoms in total. The first-order valence-corrected chi connectivity index (χ1v) is 9.12.